The van der Waals surface area contributed by atoms with Gasteiger partial charge in [0.2, 0.25) is 0 Å². The van der Waals surface area contributed by atoms with E-state index in [0.717, 1.165) is 22.8 Å². The topological polar surface area (TPSA) is 359 Å². The molecule has 8 N–H and O–H groups in total. The van der Waals surface area contributed by atoms with Gasteiger partial charge in [-0.05, 0) is 48.5 Å². The maximum absolute atomic E-state index is 8.25. The molecule has 0 unspecified atom stereocenters. The van der Waals surface area contributed by atoms with E-state index in [0.29, 0.717) is 11.3 Å². The Kier molecular flexibility index (Phi) is 39.0. The summed E-state index contributed by atoms with van der Waals surface area (Å²) in [7, 11) is 0. The van der Waals surface area contributed by atoms with Crippen molar-refractivity contribution in [3.63, 3.8) is 0 Å². The van der Waals surface area contributed by atoms with Crippen LogP contribution in [-0.4, -0.2) is 51.8 Å². The summed E-state index contributed by atoms with van der Waals surface area (Å²) >= 11 is 0. The van der Waals surface area contributed by atoms with Crippen LogP contribution < -0.4 is 10.5 Å². The number of hydrogen-bond acceptors (Lipinski definition) is 13. The Morgan fingerprint density at radius 3 is 0.961 bits per heavy atom. The Labute approximate surface area is 318 Å². The summed E-state index contributed by atoms with van der Waals surface area (Å²) in [6.45, 7) is 0. The molecule has 282 valence electrons. The first-order chi connectivity index (χ1) is 22.2. The molecule has 0 fully saturated rings. The molecule has 0 aliphatic heterocycles. The normalized spacial score (nSPS) is 8.08. The van der Waals surface area contributed by atoms with Crippen molar-refractivity contribution in [1.82, 2.24) is 35.3 Å². The minimum atomic E-state index is -1.75. The molecule has 0 amide bonds. The molecule has 0 aromatic carbocycles. The fourth-order valence-electron chi connectivity index (χ4n) is 2.78. The molecule has 6 rings (SSSR count). The Hall–Kier alpha value is -5.26. The minimum Gasteiger partial charge on any atom is -0.809 e. The zero-order valence-electron chi connectivity index (χ0n) is 26.0. The van der Waals surface area contributed by atoms with Crippen molar-refractivity contribution < 1.29 is 62.4 Å². The maximum Gasteiger partial charge on any atom is 0.0886 e. The summed E-state index contributed by atoms with van der Waals surface area (Å²) in [5, 5.41) is 44.6. The van der Waals surface area contributed by atoms with Crippen LogP contribution in [-0.2, 0) is 40.8 Å². The van der Waals surface area contributed by atoms with Gasteiger partial charge >= 0.3 is 0 Å². The standard InChI is InChI=1S/2C10H8N2.2C5H5N2.2NO3.3H2O.2Pd/c2*1-3-7-11-9(5-1)10-6-2-4-8-12-10;2*6-5-3-1-2-4-7-5;2*2-1(3)4;;;;;/h2*1-8H;2*1-4H,(H-,6,7);;;3*1H2;;/q;;2*-1;-3;-1;;;;;. The fraction of sp³-hybridized carbons (Fsp3) is 0. The number of pyridine rings is 6. The molecule has 0 saturated carbocycles. The maximum atomic E-state index is 8.25. The molecular formula is C30H32N10O9Pd2-6. The van der Waals surface area contributed by atoms with Gasteiger partial charge in [-0.25, -0.2) is 0 Å². The fourth-order valence-corrected chi connectivity index (χ4v) is 2.78. The number of nitrogens with one attached hydrogen (secondary N) is 2. The summed E-state index contributed by atoms with van der Waals surface area (Å²) in [6, 6.07) is 33.6. The number of nitrogens with zero attached hydrogens (tertiary/aromatic N) is 8. The Balaban J connectivity index is -0.000000171. The molecular weight excluding hydrogens is 857 g/mol. The van der Waals surface area contributed by atoms with E-state index in [1.54, 1.807) is 73.6 Å². The first-order valence-corrected chi connectivity index (χ1v) is 12.7. The molecule has 51 heavy (non-hydrogen) atoms. The van der Waals surface area contributed by atoms with Gasteiger partial charge in [-0.15, -0.1) is 0 Å². The van der Waals surface area contributed by atoms with Crippen molar-refractivity contribution in [3.05, 3.63) is 189 Å². The molecule has 0 radical (unpaired) electrons. The van der Waals surface area contributed by atoms with Gasteiger partial charge in [-0.3, -0.25) is 19.9 Å². The first kappa shape index (κ1) is 55.2. The van der Waals surface area contributed by atoms with Crippen molar-refractivity contribution in [2.45, 2.75) is 0 Å². The van der Waals surface area contributed by atoms with Crippen LogP contribution in [0.1, 0.15) is 0 Å². The van der Waals surface area contributed by atoms with Crippen molar-refractivity contribution >= 4 is 5.82 Å². The largest absolute Gasteiger partial charge is 0.809 e. The molecule has 0 bridgehead atoms. The molecule has 21 heteroatoms. The van der Waals surface area contributed by atoms with E-state index in [9.17, 15) is 0 Å². The van der Waals surface area contributed by atoms with Gasteiger partial charge in [0.25, 0.3) is 0 Å². The molecule has 0 spiro atoms. The molecule has 19 nitrogen and oxygen atoms in total. The van der Waals surface area contributed by atoms with Gasteiger partial charge in [-0.2, -0.15) is 0 Å². The molecule has 6 aromatic heterocycles. The predicted octanol–water partition coefficient (Wildman–Crippen LogP) is 3.24. The Morgan fingerprint density at radius 1 is 0.549 bits per heavy atom. The average Bonchev–Trinajstić information content (AvgIpc) is 3.08. The SMILES string of the molecule is N=c1cccc[n-]1.O.O.O.O=[N+]([O-])[O-].[NH-]c1ccccn1.[O-]N([O-])[O-].[Pd].[Pd].c1ccc(-c2ccccn2)nc1.c1ccc(-c2ccccn2)nc1. The van der Waals surface area contributed by atoms with Gasteiger partial charge in [0.05, 0.1) is 27.9 Å². The van der Waals surface area contributed by atoms with Crippen molar-refractivity contribution in [2.24, 2.45) is 0 Å². The summed E-state index contributed by atoms with van der Waals surface area (Å²) < 4.78 is 0. The van der Waals surface area contributed by atoms with Crippen LogP contribution in [0.3, 0.4) is 0 Å². The quantitative estimate of drug-likeness (QED) is 0.148. The summed E-state index contributed by atoms with van der Waals surface area (Å²) in [4.78, 5) is 32.3. The number of hydrogen-bond donors (Lipinski definition) is 1. The average molecular weight is 889 g/mol. The van der Waals surface area contributed by atoms with Crippen LogP contribution in [0.2, 0.25) is 0 Å². The van der Waals surface area contributed by atoms with Gasteiger partial charge in [0, 0.05) is 65.6 Å². The van der Waals surface area contributed by atoms with E-state index in [2.05, 4.69) is 29.9 Å². The van der Waals surface area contributed by atoms with Crippen molar-refractivity contribution in [1.29, 1.82) is 5.41 Å². The second-order valence-corrected chi connectivity index (χ2v) is 7.74. The van der Waals surface area contributed by atoms with Crippen LogP contribution >= 0.6 is 0 Å². The zero-order chi connectivity index (χ0) is 33.8. The van der Waals surface area contributed by atoms with E-state index < -0.39 is 10.5 Å². The molecule has 0 aliphatic carbocycles. The van der Waals surface area contributed by atoms with Gasteiger partial charge in [0.15, 0.2) is 0 Å². The molecule has 6 aromatic rings. The van der Waals surface area contributed by atoms with Crippen LogP contribution in [0.15, 0.2) is 146 Å². The van der Waals surface area contributed by atoms with Gasteiger partial charge in [-0.1, -0.05) is 84.4 Å². The monoisotopic (exact) mass is 888 g/mol. The Bertz CT molecular complexity index is 1480. The number of rotatable bonds is 2. The summed E-state index contributed by atoms with van der Waals surface area (Å²) in [5.41, 5.74) is 10.9. The minimum absolute atomic E-state index is 0. The molecule has 0 aliphatic rings. The predicted molar refractivity (Wildman–Crippen MR) is 182 cm³/mol. The van der Waals surface area contributed by atoms with E-state index in [-0.39, 0.29) is 57.3 Å². The van der Waals surface area contributed by atoms with Crippen LogP contribution in [0.25, 0.3) is 28.5 Å². The molecule has 0 atom stereocenters. The van der Waals surface area contributed by atoms with Crippen LogP contribution in [0, 0.1) is 36.4 Å². The van der Waals surface area contributed by atoms with Crippen molar-refractivity contribution in [2.75, 3.05) is 0 Å². The smallest absolute Gasteiger partial charge is 0.0886 e. The molecule has 6 heterocycles. The summed E-state index contributed by atoms with van der Waals surface area (Å²) in [6.07, 6.45) is 10.3. The van der Waals surface area contributed by atoms with Gasteiger partial charge in [0.1, 0.15) is 0 Å². The van der Waals surface area contributed by atoms with E-state index in [1.807, 2.05) is 72.8 Å². The second-order valence-electron chi connectivity index (χ2n) is 7.74. The summed E-state index contributed by atoms with van der Waals surface area (Å²) in [5.74, 6) is 0.322. The zero-order valence-corrected chi connectivity index (χ0v) is 29.1. The first-order valence-electron chi connectivity index (χ1n) is 12.7. The van der Waals surface area contributed by atoms with Crippen molar-refractivity contribution in [3.8, 4) is 22.8 Å². The third-order valence-corrected chi connectivity index (χ3v) is 4.51. The van der Waals surface area contributed by atoms with Gasteiger partial charge < -0.3 is 73.9 Å². The van der Waals surface area contributed by atoms with E-state index >= 15 is 0 Å². The van der Waals surface area contributed by atoms with E-state index in [1.165, 1.54) is 0 Å². The molecule has 0 saturated heterocycles. The number of aromatic nitrogens is 6. The third-order valence-electron chi connectivity index (χ3n) is 4.51. The van der Waals surface area contributed by atoms with Crippen LogP contribution in [0.4, 0.5) is 5.82 Å². The third kappa shape index (κ3) is 31.7. The Morgan fingerprint density at radius 2 is 0.824 bits per heavy atom. The van der Waals surface area contributed by atoms with Crippen LogP contribution in [0.5, 0.6) is 0 Å². The van der Waals surface area contributed by atoms with E-state index in [4.69, 9.17) is 42.1 Å². The second kappa shape index (κ2) is 36.0.